The molecule has 1 spiro atoms. The number of β-lactam (4-membered cyclic amide) rings is 1. The predicted molar refractivity (Wildman–Crippen MR) is 135 cm³/mol. The molecular weight excluding hydrogens is 492 g/mol. The Hall–Kier alpha value is -3.63. The third kappa shape index (κ3) is 5.92. The van der Waals surface area contributed by atoms with E-state index in [1.807, 2.05) is 30.3 Å². The lowest BCUT2D eigenvalue weighted by molar-refractivity contribution is -0.170. The molecule has 4 amide bonds. The highest BCUT2D eigenvalue weighted by Crippen LogP contribution is 2.40. The lowest BCUT2D eigenvalue weighted by Crippen LogP contribution is -2.74. The van der Waals surface area contributed by atoms with Crippen LogP contribution in [0.4, 0.5) is 4.79 Å². The van der Waals surface area contributed by atoms with Gasteiger partial charge in [0.25, 0.3) is 5.91 Å². The third-order valence-corrected chi connectivity index (χ3v) is 7.07. The van der Waals surface area contributed by atoms with Gasteiger partial charge in [-0.05, 0) is 52.0 Å². The fraction of sp³-hybridized carbons (Fsp3) is 0.593. The number of hydrogen-bond acceptors (Lipinski definition) is 7. The van der Waals surface area contributed by atoms with Crippen molar-refractivity contribution < 1.29 is 33.4 Å². The second kappa shape index (κ2) is 11.0. The standard InChI is InChI=1S/C27H36N4O7/c1-26(2,3)38-25(36)30-13-7-11-20(30)23(34)31-14-8-12-27(31)18-29(24(27)35)16-21(32)28-15-22(33)37-17-19-9-5-4-6-10-19/h4-6,9-10,20H,7-8,11-18H2,1-3H3,(H,28,32)/t20-,27+/m0/s1. The van der Waals surface area contributed by atoms with Crippen LogP contribution in [0.15, 0.2) is 30.3 Å². The summed E-state index contributed by atoms with van der Waals surface area (Å²) in [5.41, 5.74) is -0.814. The van der Waals surface area contributed by atoms with E-state index in [1.54, 1.807) is 25.7 Å². The van der Waals surface area contributed by atoms with Crippen LogP contribution in [-0.4, -0.2) is 94.4 Å². The Labute approximate surface area is 222 Å². The zero-order chi connectivity index (χ0) is 27.5. The van der Waals surface area contributed by atoms with Crippen molar-refractivity contribution in [3.8, 4) is 0 Å². The van der Waals surface area contributed by atoms with Gasteiger partial charge in [-0.25, -0.2) is 4.79 Å². The summed E-state index contributed by atoms with van der Waals surface area (Å²) < 4.78 is 10.6. The molecule has 3 fully saturated rings. The molecule has 206 valence electrons. The van der Waals surface area contributed by atoms with Crippen LogP contribution in [0.5, 0.6) is 0 Å². The van der Waals surface area contributed by atoms with Crippen molar-refractivity contribution in [3.63, 3.8) is 0 Å². The molecule has 1 aromatic carbocycles. The molecule has 0 bridgehead atoms. The maximum absolute atomic E-state index is 13.5. The molecule has 0 aromatic heterocycles. The molecule has 3 aliphatic heterocycles. The Balaban J connectivity index is 1.27. The highest BCUT2D eigenvalue weighted by Gasteiger charge is 2.61. The predicted octanol–water partition coefficient (Wildman–Crippen LogP) is 1.45. The smallest absolute Gasteiger partial charge is 0.410 e. The van der Waals surface area contributed by atoms with Gasteiger partial charge in [0.15, 0.2) is 0 Å². The molecule has 11 nitrogen and oxygen atoms in total. The number of esters is 1. The van der Waals surface area contributed by atoms with E-state index >= 15 is 0 Å². The van der Waals surface area contributed by atoms with Gasteiger partial charge in [0.1, 0.15) is 30.3 Å². The number of nitrogens with one attached hydrogen (secondary N) is 1. The average molecular weight is 529 g/mol. The van der Waals surface area contributed by atoms with Gasteiger partial charge in [0.2, 0.25) is 11.8 Å². The molecule has 2 atom stereocenters. The van der Waals surface area contributed by atoms with E-state index < -0.39 is 35.2 Å². The first-order valence-corrected chi connectivity index (χ1v) is 13.1. The first kappa shape index (κ1) is 27.4. The SMILES string of the molecule is CC(C)(C)OC(=O)N1CCC[C@H]1C(=O)N1CCC[C@]12CN(CC(=O)NCC(=O)OCc1ccccc1)C2=O. The summed E-state index contributed by atoms with van der Waals surface area (Å²) in [6.07, 6.45) is 1.86. The Morgan fingerprint density at radius 3 is 2.50 bits per heavy atom. The van der Waals surface area contributed by atoms with Gasteiger partial charge in [0, 0.05) is 13.1 Å². The van der Waals surface area contributed by atoms with E-state index in [2.05, 4.69) is 5.32 Å². The molecule has 3 saturated heterocycles. The number of amides is 4. The molecule has 4 rings (SSSR count). The first-order chi connectivity index (χ1) is 18.0. The van der Waals surface area contributed by atoms with Gasteiger partial charge in [0.05, 0.1) is 13.1 Å². The van der Waals surface area contributed by atoms with Gasteiger partial charge in [-0.3, -0.25) is 24.1 Å². The van der Waals surface area contributed by atoms with E-state index in [9.17, 15) is 24.0 Å². The van der Waals surface area contributed by atoms with Gasteiger partial charge >= 0.3 is 12.1 Å². The zero-order valence-electron chi connectivity index (χ0n) is 22.2. The number of carbonyl (C=O) groups is 5. The van der Waals surface area contributed by atoms with Crippen molar-refractivity contribution in [1.82, 2.24) is 20.0 Å². The van der Waals surface area contributed by atoms with Gasteiger partial charge in [-0.1, -0.05) is 30.3 Å². The number of carbonyl (C=O) groups excluding carboxylic acids is 5. The van der Waals surface area contributed by atoms with Gasteiger partial charge in [-0.15, -0.1) is 0 Å². The Kier molecular flexibility index (Phi) is 7.94. The minimum absolute atomic E-state index is 0.110. The second-order valence-electron chi connectivity index (χ2n) is 11.0. The summed E-state index contributed by atoms with van der Waals surface area (Å²) >= 11 is 0. The fourth-order valence-electron chi connectivity index (χ4n) is 5.30. The van der Waals surface area contributed by atoms with E-state index in [0.29, 0.717) is 38.8 Å². The normalized spacial score (nSPS) is 22.9. The van der Waals surface area contributed by atoms with Crippen molar-refractivity contribution in [2.75, 3.05) is 32.7 Å². The number of hydrogen-bond donors (Lipinski definition) is 1. The number of nitrogens with zero attached hydrogens (tertiary/aromatic N) is 3. The quantitative estimate of drug-likeness (QED) is 0.419. The van der Waals surface area contributed by atoms with Crippen LogP contribution in [-0.2, 0) is 35.3 Å². The summed E-state index contributed by atoms with van der Waals surface area (Å²) in [6.45, 7) is 6.03. The minimum atomic E-state index is -0.978. The topological polar surface area (TPSA) is 126 Å². The summed E-state index contributed by atoms with van der Waals surface area (Å²) in [6, 6.07) is 8.54. The lowest BCUT2D eigenvalue weighted by atomic mass is 9.85. The molecular formula is C27H36N4O7. The maximum Gasteiger partial charge on any atom is 0.410 e. The van der Waals surface area contributed by atoms with Crippen molar-refractivity contribution in [3.05, 3.63) is 35.9 Å². The van der Waals surface area contributed by atoms with Crippen LogP contribution in [0.2, 0.25) is 0 Å². The summed E-state index contributed by atoms with van der Waals surface area (Å²) in [4.78, 5) is 68.2. The molecule has 3 aliphatic rings. The molecule has 0 saturated carbocycles. The Morgan fingerprint density at radius 1 is 1.08 bits per heavy atom. The molecule has 11 heteroatoms. The van der Waals surface area contributed by atoms with E-state index in [-0.39, 0.29) is 38.1 Å². The molecule has 1 N–H and O–H groups in total. The third-order valence-electron chi connectivity index (χ3n) is 7.07. The Morgan fingerprint density at radius 2 is 1.82 bits per heavy atom. The number of likely N-dealkylation sites (tertiary alicyclic amines) is 3. The number of rotatable bonds is 7. The summed E-state index contributed by atoms with van der Waals surface area (Å²) in [5, 5.41) is 2.49. The van der Waals surface area contributed by atoms with E-state index in [1.165, 1.54) is 9.80 Å². The van der Waals surface area contributed by atoms with Crippen molar-refractivity contribution in [2.45, 2.75) is 70.2 Å². The molecule has 0 radical (unpaired) electrons. The highest BCUT2D eigenvalue weighted by atomic mass is 16.6. The van der Waals surface area contributed by atoms with E-state index in [0.717, 1.165) is 5.56 Å². The molecule has 0 unspecified atom stereocenters. The van der Waals surface area contributed by atoms with Crippen molar-refractivity contribution in [2.24, 2.45) is 0 Å². The van der Waals surface area contributed by atoms with Crippen LogP contribution in [0.3, 0.4) is 0 Å². The summed E-state index contributed by atoms with van der Waals surface area (Å²) in [5.74, 6) is -1.59. The summed E-state index contributed by atoms with van der Waals surface area (Å²) in [7, 11) is 0. The zero-order valence-corrected chi connectivity index (χ0v) is 22.2. The van der Waals surface area contributed by atoms with Gasteiger partial charge < -0.3 is 24.6 Å². The van der Waals surface area contributed by atoms with Crippen molar-refractivity contribution >= 4 is 29.8 Å². The highest BCUT2D eigenvalue weighted by molar-refractivity contribution is 6.00. The first-order valence-electron chi connectivity index (χ1n) is 13.1. The van der Waals surface area contributed by atoms with Crippen molar-refractivity contribution in [1.29, 1.82) is 0 Å². The van der Waals surface area contributed by atoms with Crippen LogP contribution in [0.1, 0.15) is 52.0 Å². The molecule has 3 heterocycles. The Bertz CT molecular complexity index is 1090. The monoisotopic (exact) mass is 528 g/mol. The second-order valence-corrected chi connectivity index (χ2v) is 11.0. The number of ether oxygens (including phenoxy) is 2. The molecule has 0 aliphatic carbocycles. The van der Waals surface area contributed by atoms with Crippen LogP contribution < -0.4 is 5.32 Å². The average Bonchev–Trinajstić information content (AvgIpc) is 3.54. The van der Waals surface area contributed by atoms with Crippen LogP contribution in [0, 0.1) is 0 Å². The van der Waals surface area contributed by atoms with E-state index in [4.69, 9.17) is 9.47 Å². The fourth-order valence-corrected chi connectivity index (χ4v) is 5.30. The maximum atomic E-state index is 13.5. The largest absolute Gasteiger partial charge is 0.460 e. The molecule has 1 aromatic rings. The lowest BCUT2D eigenvalue weighted by Gasteiger charge is -2.51. The van der Waals surface area contributed by atoms with Gasteiger partial charge in [-0.2, -0.15) is 0 Å². The number of benzene rings is 1. The van der Waals surface area contributed by atoms with Crippen LogP contribution >= 0.6 is 0 Å². The molecule has 38 heavy (non-hydrogen) atoms. The van der Waals surface area contributed by atoms with Crippen LogP contribution in [0.25, 0.3) is 0 Å². The minimum Gasteiger partial charge on any atom is -0.460 e.